The number of anilines is 1. The molecule has 0 saturated carbocycles. The molecule has 1 aliphatic heterocycles. The summed E-state index contributed by atoms with van der Waals surface area (Å²) in [5.74, 6) is -0.852. The van der Waals surface area contributed by atoms with Gasteiger partial charge >= 0.3 is 0 Å². The molecule has 3 rings (SSSR count). The molecule has 1 aliphatic rings. The van der Waals surface area contributed by atoms with Crippen molar-refractivity contribution < 1.29 is 14.7 Å². The van der Waals surface area contributed by atoms with Crippen LogP contribution in [0.1, 0.15) is 5.56 Å². The first-order valence-corrected chi connectivity index (χ1v) is 7.57. The van der Waals surface area contributed by atoms with Crippen molar-refractivity contribution in [3.63, 3.8) is 0 Å². The summed E-state index contributed by atoms with van der Waals surface area (Å²) in [4.78, 5) is 29.2. The van der Waals surface area contributed by atoms with Gasteiger partial charge in [-0.3, -0.25) is 19.5 Å². The Balaban J connectivity index is 1.73. The van der Waals surface area contributed by atoms with Crippen molar-refractivity contribution in [1.82, 2.24) is 9.88 Å². The van der Waals surface area contributed by atoms with Gasteiger partial charge in [-0.05, 0) is 30.7 Å². The summed E-state index contributed by atoms with van der Waals surface area (Å²) in [5, 5.41) is 11.8. The minimum absolute atomic E-state index is 0.00260. The van der Waals surface area contributed by atoms with Gasteiger partial charge in [-0.15, -0.1) is 0 Å². The lowest BCUT2D eigenvalue weighted by Gasteiger charge is -2.13. The largest absolute Gasteiger partial charge is 0.395 e. The number of aromatic nitrogens is 1. The van der Waals surface area contributed by atoms with E-state index in [9.17, 15) is 9.59 Å². The monoisotopic (exact) mass is 323 g/mol. The smallest absolute Gasteiger partial charge is 0.277 e. The molecule has 2 N–H and O–H groups in total. The molecule has 0 fully saturated rings. The second-order valence-corrected chi connectivity index (χ2v) is 5.50. The number of imide groups is 1. The molecule has 0 unspecified atom stereocenters. The van der Waals surface area contributed by atoms with E-state index in [0.29, 0.717) is 5.69 Å². The molecule has 2 amide bonds. The molecule has 0 saturated heterocycles. The van der Waals surface area contributed by atoms with Crippen molar-refractivity contribution in [3.05, 3.63) is 59.9 Å². The van der Waals surface area contributed by atoms with Crippen molar-refractivity contribution in [3.8, 4) is 11.3 Å². The Morgan fingerprint density at radius 2 is 1.88 bits per heavy atom. The highest BCUT2D eigenvalue weighted by atomic mass is 16.3. The molecule has 0 atom stereocenters. The maximum atomic E-state index is 12.1. The summed E-state index contributed by atoms with van der Waals surface area (Å²) < 4.78 is 0. The zero-order valence-electron chi connectivity index (χ0n) is 13.2. The van der Waals surface area contributed by atoms with Crippen LogP contribution < -0.4 is 5.32 Å². The van der Waals surface area contributed by atoms with Gasteiger partial charge in [0.1, 0.15) is 5.70 Å². The topological polar surface area (TPSA) is 82.5 Å². The van der Waals surface area contributed by atoms with Gasteiger partial charge in [0.05, 0.1) is 18.8 Å². The molecular weight excluding hydrogens is 306 g/mol. The average molecular weight is 323 g/mol. The number of nitrogens with one attached hydrogen (secondary N) is 1. The first-order valence-electron chi connectivity index (χ1n) is 7.57. The molecule has 24 heavy (non-hydrogen) atoms. The van der Waals surface area contributed by atoms with Gasteiger partial charge in [-0.25, -0.2) is 0 Å². The van der Waals surface area contributed by atoms with Crippen LogP contribution in [0, 0.1) is 6.92 Å². The molecule has 0 bridgehead atoms. The van der Waals surface area contributed by atoms with E-state index in [4.69, 9.17) is 5.11 Å². The number of hydrogen-bond acceptors (Lipinski definition) is 5. The van der Waals surface area contributed by atoms with Gasteiger partial charge in [0.2, 0.25) is 0 Å². The van der Waals surface area contributed by atoms with Crippen molar-refractivity contribution >= 4 is 17.5 Å². The number of β-amino-alcohol motifs (C(OH)–C–C–N with tert-alkyl or cyclic N) is 1. The number of rotatable bonds is 5. The van der Waals surface area contributed by atoms with E-state index >= 15 is 0 Å². The fraction of sp³-hybridized carbons (Fsp3) is 0.167. The third-order valence-corrected chi connectivity index (χ3v) is 3.70. The second-order valence-electron chi connectivity index (χ2n) is 5.50. The number of pyridine rings is 1. The molecular formula is C18H17N3O3. The maximum Gasteiger partial charge on any atom is 0.277 e. The molecule has 122 valence electrons. The van der Waals surface area contributed by atoms with E-state index in [0.717, 1.165) is 21.7 Å². The van der Waals surface area contributed by atoms with E-state index in [2.05, 4.69) is 10.3 Å². The Labute approximate surface area is 139 Å². The zero-order chi connectivity index (χ0) is 17.1. The number of benzene rings is 1. The van der Waals surface area contributed by atoms with E-state index < -0.39 is 11.8 Å². The highest BCUT2D eigenvalue weighted by Gasteiger charge is 2.30. The Hall–Kier alpha value is -2.99. The van der Waals surface area contributed by atoms with Crippen LogP contribution in [0.25, 0.3) is 11.3 Å². The van der Waals surface area contributed by atoms with E-state index in [1.165, 1.54) is 6.08 Å². The number of aryl methyl sites for hydroxylation is 1. The Kier molecular flexibility index (Phi) is 4.39. The Morgan fingerprint density at radius 3 is 2.50 bits per heavy atom. The van der Waals surface area contributed by atoms with Crippen LogP contribution in [-0.2, 0) is 9.59 Å². The van der Waals surface area contributed by atoms with Crippen LogP contribution in [0.15, 0.2) is 54.4 Å². The number of nitrogens with zero attached hydrogens (tertiary/aromatic N) is 2. The van der Waals surface area contributed by atoms with Gasteiger partial charge in [0.25, 0.3) is 11.8 Å². The molecule has 0 radical (unpaired) electrons. The summed E-state index contributed by atoms with van der Waals surface area (Å²) in [6.07, 6.45) is 3.05. The third kappa shape index (κ3) is 3.18. The second kappa shape index (κ2) is 6.64. The summed E-state index contributed by atoms with van der Waals surface area (Å²) in [7, 11) is 0. The lowest BCUT2D eigenvalue weighted by molar-refractivity contribution is -0.137. The third-order valence-electron chi connectivity index (χ3n) is 3.70. The number of hydrogen-bond donors (Lipinski definition) is 2. The van der Waals surface area contributed by atoms with Crippen LogP contribution in [-0.4, -0.2) is 40.0 Å². The lowest BCUT2D eigenvalue weighted by atomic mass is 10.1. The van der Waals surface area contributed by atoms with Gasteiger partial charge in [0, 0.05) is 23.5 Å². The standard InChI is InChI=1S/C18H17N3O3/c1-12-2-7-15(19-11-12)13-3-5-14(6-4-13)20-16-10-17(23)21(8-9-22)18(16)24/h2-7,10-11,20,22H,8-9H2,1H3. The van der Waals surface area contributed by atoms with Crippen molar-refractivity contribution in [2.75, 3.05) is 18.5 Å². The number of carbonyl (C=O) groups is 2. The van der Waals surface area contributed by atoms with Crippen LogP contribution >= 0.6 is 0 Å². The van der Waals surface area contributed by atoms with Crippen LogP contribution in [0.2, 0.25) is 0 Å². The summed E-state index contributed by atoms with van der Waals surface area (Å²) in [6, 6.07) is 11.4. The fourth-order valence-corrected chi connectivity index (χ4v) is 2.43. The summed E-state index contributed by atoms with van der Waals surface area (Å²) in [5.41, 5.74) is 3.83. The molecule has 0 aliphatic carbocycles. The van der Waals surface area contributed by atoms with Gasteiger partial charge < -0.3 is 10.4 Å². The van der Waals surface area contributed by atoms with Crippen molar-refractivity contribution in [2.24, 2.45) is 0 Å². The van der Waals surface area contributed by atoms with Crippen LogP contribution in [0.5, 0.6) is 0 Å². The van der Waals surface area contributed by atoms with Gasteiger partial charge in [-0.2, -0.15) is 0 Å². The maximum absolute atomic E-state index is 12.1. The van der Waals surface area contributed by atoms with E-state index in [-0.39, 0.29) is 18.8 Å². The number of aliphatic hydroxyl groups excluding tert-OH is 1. The highest BCUT2D eigenvalue weighted by molar-refractivity contribution is 6.17. The molecule has 2 aromatic rings. The predicted molar refractivity (Wildman–Crippen MR) is 89.9 cm³/mol. The first kappa shape index (κ1) is 15.9. The first-order chi connectivity index (χ1) is 11.6. The van der Waals surface area contributed by atoms with E-state index in [1.54, 1.807) is 0 Å². The minimum atomic E-state index is -0.432. The molecule has 2 heterocycles. The Bertz CT molecular complexity index is 795. The highest BCUT2D eigenvalue weighted by Crippen LogP contribution is 2.22. The van der Waals surface area contributed by atoms with Gasteiger partial charge in [-0.1, -0.05) is 18.2 Å². The number of amides is 2. The van der Waals surface area contributed by atoms with Crippen LogP contribution in [0.4, 0.5) is 5.69 Å². The average Bonchev–Trinajstić information content (AvgIpc) is 2.84. The molecule has 1 aromatic heterocycles. The summed E-state index contributed by atoms with van der Waals surface area (Å²) >= 11 is 0. The van der Waals surface area contributed by atoms with Crippen molar-refractivity contribution in [2.45, 2.75) is 6.92 Å². The molecule has 6 heteroatoms. The van der Waals surface area contributed by atoms with Crippen molar-refractivity contribution in [1.29, 1.82) is 0 Å². The van der Waals surface area contributed by atoms with E-state index in [1.807, 2.05) is 49.5 Å². The minimum Gasteiger partial charge on any atom is -0.395 e. The molecule has 6 nitrogen and oxygen atoms in total. The number of aliphatic hydroxyl groups is 1. The quantitative estimate of drug-likeness (QED) is 0.819. The Morgan fingerprint density at radius 1 is 1.12 bits per heavy atom. The lowest BCUT2D eigenvalue weighted by Crippen LogP contribution is -2.34. The summed E-state index contributed by atoms with van der Waals surface area (Å²) in [6.45, 7) is 1.73. The molecule has 0 spiro atoms. The SMILES string of the molecule is Cc1ccc(-c2ccc(NC3=CC(=O)N(CCO)C3=O)cc2)nc1. The van der Waals surface area contributed by atoms with Gasteiger partial charge in [0.15, 0.2) is 0 Å². The fourth-order valence-electron chi connectivity index (χ4n) is 2.43. The number of carbonyl (C=O) groups excluding carboxylic acids is 2. The zero-order valence-corrected chi connectivity index (χ0v) is 13.2. The predicted octanol–water partition coefficient (Wildman–Crippen LogP) is 1.71. The van der Waals surface area contributed by atoms with Crippen LogP contribution in [0.3, 0.4) is 0 Å². The molecule has 1 aromatic carbocycles. The normalized spacial score (nSPS) is 14.1.